The van der Waals surface area contributed by atoms with Crippen molar-refractivity contribution in [2.75, 3.05) is 27.4 Å². The highest BCUT2D eigenvalue weighted by Gasteiger charge is 2.18. The molecule has 0 aliphatic carbocycles. The quantitative estimate of drug-likeness (QED) is 0.739. The topological polar surface area (TPSA) is 80.3 Å². The maximum atomic E-state index is 11.1. The third kappa shape index (κ3) is 5.94. The Morgan fingerprint density at radius 1 is 1.00 bits per heavy atom. The number of methoxy groups -OCH3 is 2. The Kier molecular flexibility index (Phi) is 6.74. The van der Waals surface area contributed by atoms with E-state index in [4.69, 9.17) is 14.2 Å². The van der Waals surface area contributed by atoms with Crippen LogP contribution in [0.15, 0.2) is 30.3 Å². The smallest absolute Gasteiger partial charge is 0.490 e. The van der Waals surface area contributed by atoms with Gasteiger partial charge in [-0.1, -0.05) is 18.2 Å². The van der Waals surface area contributed by atoms with E-state index in [1.165, 1.54) is 14.2 Å². The fraction of sp³-hybridized carbons (Fsp3) is 0.385. The summed E-state index contributed by atoms with van der Waals surface area (Å²) >= 11 is 0. The molecule has 0 aliphatic heterocycles. The van der Waals surface area contributed by atoms with Crippen molar-refractivity contribution in [1.29, 1.82) is 0 Å². The van der Waals surface area contributed by atoms with Crippen molar-refractivity contribution in [3.05, 3.63) is 30.3 Å². The van der Waals surface area contributed by atoms with Gasteiger partial charge in [-0.3, -0.25) is 0 Å². The number of ether oxygens (including phenoxy) is 5. The van der Waals surface area contributed by atoms with E-state index in [1.54, 1.807) is 24.3 Å². The Labute approximate surface area is 116 Å². The Hall–Kier alpha value is -2.44. The number of carbonyl (C=O) groups is 2. The van der Waals surface area contributed by atoms with E-state index in [-0.39, 0.29) is 13.2 Å². The summed E-state index contributed by atoms with van der Waals surface area (Å²) in [4.78, 5) is 22.0. The van der Waals surface area contributed by atoms with Gasteiger partial charge in [-0.25, -0.2) is 9.59 Å². The molecule has 1 rings (SSSR count). The van der Waals surface area contributed by atoms with E-state index < -0.39 is 18.4 Å². The van der Waals surface area contributed by atoms with E-state index >= 15 is 0 Å². The van der Waals surface area contributed by atoms with Gasteiger partial charge in [0.2, 0.25) is 0 Å². The van der Waals surface area contributed by atoms with Crippen LogP contribution in [0.2, 0.25) is 0 Å². The van der Waals surface area contributed by atoms with Crippen molar-refractivity contribution in [3.8, 4) is 5.75 Å². The lowest BCUT2D eigenvalue weighted by molar-refractivity contribution is -0.0218. The zero-order valence-electron chi connectivity index (χ0n) is 11.2. The van der Waals surface area contributed by atoms with Gasteiger partial charge in [-0.2, -0.15) is 0 Å². The Bertz CT molecular complexity index is 418. The molecule has 0 spiro atoms. The van der Waals surface area contributed by atoms with Crippen LogP contribution in [0, 0.1) is 0 Å². The molecule has 7 heteroatoms. The van der Waals surface area contributed by atoms with Crippen molar-refractivity contribution in [3.63, 3.8) is 0 Å². The Balaban J connectivity index is 2.48. The number of benzene rings is 1. The van der Waals surface area contributed by atoms with E-state index in [2.05, 4.69) is 9.47 Å². The average molecular weight is 284 g/mol. The lowest BCUT2D eigenvalue weighted by Crippen LogP contribution is -2.31. The number of para-hydroxylation sites is 1. The van der Waals surface area contributed by atoms with Crippen LogP contribution in [0.3, 0.4) is 0 Å². The second-order valence-electron chi connectivity index (χ2n) is 3.58. The predicted octanol–water partition coefficient (Wildman–Crippen LogP) is 2.00. The van der Waals surface area contributed by atoms with E-state index in [0.29, 0.717) is 5.75 Å². The van der Waals surface area contributed by atoms with Gasteiger partial charge < -0.3 is 23.7 Å². The number of hydrogen-bond acceptors (Lipinski definition) is 7. The average Bonchev–Trinajstić information content (AvgIpc) is 2.50. The van der Waals surface area contributed by atoms with Gasteiger partial charge in [0.15, 0.2) is 6.10 Å². The highest BCUT2D eigenvalue weighted by atomic mass is 16.7. The third-order valence-electron chi connectivity index (χ3n) is 2.16. The molecule has 7 nitrogen and oxygen atoms in total. The summed E-state index contributed by atoms with van der Waals surface area (Å²) in [6, 6.07) is 8.94. The summed E-state index contributed by atoms with van der Waals surface area (Å²) in [6.07, 6.45) is -2.56. The van der Waals surface area contributed by atoms with Crippen molar-refractivity contribution in [2.24, 2.45) is 0 Å². The first kappa shape index (κ1) is 15.6. The van der Waals surface area contributed by atoms with Crippen molar-refractivity contribution >= 4 is 12.3 Å². The molecular weight excluding hydrogens is 268 g/mol. The molecule has 0 N–H and O–H groups in total. The molecule has 20 heavy (non-hydrogen) atoms. The minimum Gasteiger partial charge on any atom is -0.490 e. The molecule has 1 atom stereocenters. The van der Waals surface area contributed by atoms with Gasteiger partial charge in [0, 0.05) is 0 Å². The van der Waals surface area contributed by atoms with Crippen LogP contribution >= 0.6 is 0 Å². The zero-order valence-corrected chi connectivity index (χ0v) is 11.2. The fourth-order valence-electron chi connectivity index (χ4n) is 1.23. The standard InChI is InChI=1S/C13H16O7/c1-16-12(14)19-9-11(20-13(15)17-2)8-18-10-6-4-3-5-7-10/h3-7,11H,8-9H2,1-2H3/t11-/m0/s1. The normalized spacial score (nSPS) is 11.1. The predicted molar refractivity (Wildman–Crippen MR) is 67.6 cm³/mol. The van der Waals surface area contributed by atoms with Crippen LogP contribution in [0.25, 0.3) is 0 Å². The lowest BCUT2D eigenvalue weighted by Gasteiger charge is -2.17. The van der Waals surface area contributed by atoms with E-state index in [9.17, 15) is 9.59 Å². The molecule has 0 aromatic heterocycles. The lowest BCUT2D eigenvalue weighted by atomic mass is 10.3. The highest BCUT2D eigenvalue weighted by Crippen LogP contribution is 2.10. The van der Waals surface area contributed by atoms with Gasteiger partial charge >= 0.3 is 12.3 Å². The summed E-state index contributed by atoms with van der Waals surface area (Å²) < 4.78 is 23.7. The SMILES string of the molecule is COC(=O)OC[C@H](COc1ccccc1)OC(=O)OC. The highest BCUT2D eigenvalue weighted by molar-refractivity contribution is 5.60. The number of hydrogen-bond donors (Lipinski definition) is 0. The zero-order chi connectivity index (χ0) is 14.8. The molecule has 1 aromatic rings. The summed E-state index contributed by atoms with van der Waals surface area (Å²) in [7, 11) is 2.36. The molecule has 1 aromatic carbocycles. The first-order chi connectivity index (χ1) is 9.65. The minimum absolute atomic E-state index is 0.0100. The van der Waals surface area contributed by atoms with Gasteiger partial charge in [-0.05, 0) is 12.1 Å². The molecule has 0 heterocycles. The van der Waals surface area contributed by atoms with Crippen LogP contribution in [0.1, 0.15) is 0 Å². The molecule has 0 bridgehead atoms. The number of carbonyl (C=O) groups excluding carboxylic acids is 2. The second kappa shape index (κ2) is 8.63. The molecule has 0 aliphatic rings. The Morgan fingerprint density at radius 3 is 2.25 bits per heavy atom. The van der Waals surface area contributed by atoms with Crippen molar-refractivity contribution in [1.82, 2.24) is 0 Å². The van der Waals surface area contributed by atoms with Crippen LogP contribution in [0.5, 0.6) is 5.75 Å². The van der Waals surface area contributed by atoms with Gasteiger partial charge in [0.25, 0.3) is 0 Å². The van der Waals surface area contributed by atoms with Gasteiger partial charge in [0.1, 0.15) is 19.0 Å². The van der Waals surface area contributed by atoms with E-state index in [0.717, 1.165) is 0 Å². The largest absolute Gasteiger partial charge is 0.508 e. The molecule has 0 amide bonds. The third-order valence-corrected chi connectivity index (χ3v) is 2.16. The van der Waals surface area contributed by atoms with Crippen molar-refractivity contribution < 1.29 is 33.3 Å². The van der Waals surface area contributed by atoms with Crippen LogP contribution in [-0.2, 0) is 18.9 Å². The van der Waals surface area contributed by atoms with Crippen LogP contribution < -0.4 is 4.74 Å². The molecule has 0 saturated heterocycles. The number of rotatable bonds is 6. The summed E-state index contributed by atoms with van der Waals surface area (Å²) in [6.45, 7) is -0.190. The van der Waals surface area contributed by atoms with E-state index in [1.807, 2.05) is 6.07 Å². The summed E-state index contributed by atoms with van der Waals surface area (Å²) in [5.41, 5.74) is 0. The molecular formula is C13H16O7. The molecule has 0 radical (unpaired) electrons. The molecule has 0 fully saturated rings. The summed E-state index contributed by atoms with van der Waals surface area (Å²) in [5, 5.41) is 0. The van der Waals surface area contributed by atoms with Crippen LogP contribution in [-0.4, -0.2) is 45.8 Å². The second-order valence-corrected chi connectivity index (χ2v) is 3.58. The van der Waals surface area contributed by atoms with Gasteiger partial charge in [0.05, 0.1) is 14.2 Å². The minimum atomic E-state index is -0.889. The summed E-state index contributed by atoms with van der Waals surface area (Å²) in [5.74, 6) is 0.601. The van der Waals surface area contributed by atoms with Gasteiger partial charge in [-0.15, -0.1) is 0 Å². The first-order valence-electron chi connectivity index (χ1n) is 5.79. The first-order valence-corrected chi connectivity index (χ1v) is 5.79. The maximum absolute atomic E-state index is 11.1. The fourth-order valence-corrected chi connectivity index (χ4v) is 1.23. The maximum Gasteiger partial charge on any atom is 0.508 e. The molecule has 0 saturated carbocycles. The Morgan fingerprint density at radius 2 is 1.65 bits per heavy atom. The monoisotopic (exact) mass is 284 g/mol. The molecule has 110 valence electrons. The van der Waals surface area contributed by atoms with Crippen molar-refractivity contribution in [2.45, 2.75) is 6.10 Å². The molecule has 0 unspecified atom stereocenters. The van der Waals surface area contributed by atoms with Crippen LogP contribution in [0.4, 0.5) is 9.59 Å².